The highest BCUT2D eigenvalue weighted by Gasteiger charge is 2.73. The summed E-state index contributed by atoms with van der Waals surface area (Å²) >= 11 is 0. The molecule has 0 radical (unpaired) electrons. The molecule has 3 nitrogen and oxygen atoms in total. The first-order chi connectivity index (χ1) is 35.0. The average Bonchev–Trinajstić information content (AvgIpc) is 3.69. The molecule has 71 heavy (non-hydrogen) atoms. The van der Waals surface area contributed by atoms with Crippen LogP contribution in [0.3, 0.4) is 0 Å². The smallest absolute Gasteiger partial charge is 0.169 e. The SMILES string of the molecule is C=[N+]1C(=NC)c2cc(-c3cccc(CCCCCCc4ccccc4)c3)ccc2C12[n+]1ccc(-c3ccccc3)cc1-c1cc(-c3cccc(CCCCCCc4ccccc4)c3)ccc1C2(CC)CC. The number of aryl methyl sites for hydroxylation is 4. The number of pyridine rings is 1. The van der Waals surface area contributed by atoms with Gasteiger partial charge in [-0.15, -0.1) is 4.57 Å². The molecule has 0 fully saturated rings. The van der Waals surface area contributed by atoms with Gasteiger partial charge in [0.1, 0.15) is 12.5 Å². The summed E-state index contributed by atoms with van der Waals surface area (Å²) in [6.45, 7) is 9.79. The van der Waals surface area contributed by atoms with E-state index in [2.05, 4.69) is 217 Å². The Morgan fingerprint density at radius 2 is 0.845 bits per heavy atom. The Morgan fingerprint density at radius 1 is 0.408 bits per heavy atom. The van der Waals surface area contributed by atoms with Gasteiger partial charge in [0.05, 0.1) is 23.4 Å². The molecule has 3 heteroatoms. The van der Waals surface area contributed by atoms with E-state index in [1.807, 2.05) is 7.05 Å². The largest absolute Gasteiger partial charge is 0.345 e. The lowest BCUT2D eigenvalue weighted by Crippen LogP contribution is -2.74. The lowest BCUT2D eigenvalue weighted by Gasteiger charge is -2.46. The number of amidine groups is 1. The van der Waals surface area contributed by atoms with E-state index in [1.165, 1.54) is 142 Å². The van der Waals surface area contributed by atoms with Crippen molar-refractivity contribution in [2.45, 2.75) is 115 Å². The van der Waals surface area contributed by atoms with Crippen molar-refractivity contribution in [3.8, 4) is 44.6 Å². The molecule has 356 valence electrons. The number of aliphatic imine (C=N–C) groups is 1. The number of hydrogen-bond acceptors (Lipinski definition) is 1. The van der Waals surface area contributed by atoms with Crippen LogP contribution in [0.2, 0.25) is 0 Å². The van der Waals surface area contributed by atoms with Crippen LogP contribution in [0.4, 0.5) is 0 Å². The second-order valence-corrected chi connectivity index (χ2v) is 20.2. The van der Waals surface area contributed by atoms with E-state index in [4.69, 9.17) is 11.7 Å². The monoisotopic (exact) mass is 930 g/mol. The van der Waals surface area contributed by atoms with Gasteiger partial charge in [0.25, 0.3) is 0 Å². The molecule has 1 aromatic heterocycles. The fraction of sp³-hybridized carbons (Fsp3) is 0.279. The van der Waals surface area contributed by atoms with Crippen molar-refractivity contribution in [2.24, 2.45) is 4.99 Å². The number of rotatable bonds is 19. The fourth-order valence-electron chi connectivity index (χ4n) is 12.5. The van der Waals surface area contributed by atoms with Crippen LogP contribution >= 0.6 is 0 Å². The summed E-state index contributed by atoms with van der Waals surface area (Å²) in [4.78, 5) is 5.10. The third-order valence-corrected chi connectivity index (χ3v) is 16.2. The number of aromatic nitrogens is 1. The summed E-state index contributed by atoms with van der Waals surface area (Å²) in [6, 6.07) is 70.5. The van der Waals surface area contributed by atoms with E-state index >= 15 is 0 Å². The first kappa shape index (κ1) is 47.7. The normalized spacial score (nSPS) is 16.0. The van der Waals surface area contributed by atoms with Gasteiger partial charge in [0.2, 0.25) is 5.69 Å². The topological polar surface area (TPSA) is 19.2 Å². The van der Waals surface area contributed by atoms with Crippen molar-refractivity contribution in [1.29, 1.82) is 0 Å². The number of nitrogens with zero attached hydrogens (tertiary/aromatic N) is 3. The van der Waals surface area contributed by atoms with Gasteiger partial charge < -0.3 is 0 Å². The summed E-state index contributed by atoms with van der Waals surface area (Å²) in [5.41, 5.74) is 18.4. The van der Waals surface area contributed by atoms with E-state index < -0.39 is 5.66 Å². The Balaban J connectivity index is 0.978. The van der Waals surface area contributed by atoms with Crippen molar-refractivity contribution < 1.29 is 9.14 Å². The first-order valence-electron chi connectivity index (χ1n) is 26.7. The van der Waals surface area contributed by atoms with Gasteiger partial charge in [-0.2, -0.15) is 4.58 Å². The van der Waals surface area contributed by atoms with Crippen molar-refractivity contribution >= 4 is 12.6 Å². The molecule has 0 saturated heterocycles. The van der Waals surface area contributed by atoms with E-state index in [9.17, 15) is 0 Å². The zero-order chi connectivity index (χ0) is 48.6. The maximum atomic E-state index is 5.10. The second kappa shape index (κ2) is 21.6. The Morgan fingerprint density at radius 3 is 1.37 bits per heavy atom. The van der Waals surface area contributed by atoms with Gasteiger partial charge >= 0.3 is 11.5 Å². The predicted molar refractivity (Wildman–Crippen MR) is 299 cm³/mol. The number of fused-ring (bicyclic) bond motifs is 6. The van der Waals surface area contributed by atoms with Crippen LogP contribution in [0, 0.1) is 0 Å². The van der Waals surface area contributed by atoms with Crippen LogP contribution in [-0.4, -0.2) is 24.2 Å². The third kappa shape index (κ3) is 9.28. The van der Waals surface area contributed by atoms with E-state index in [1.54, 1.807) is 0 Å². The van der Waals surface area contributed by atoms with Crippen LogP contribution < -0.4 is 4.57 Å². The van der Waals surface area contributed by atoms with Crippen molar-refractivity contribution in [2.75, 3.05) is 7.05 Å². The molecule has 1 unspecified atom stereocenters. The summed E-state index contributed by atoms with van der Waals surface area (Å²) in [5.74, 6) is 0.929. The van der Waals surface area contributed by atoms with Gasteiger partial charge in [-0.05, 0) is 144 Å². The highest BCUT2D eigenvalue weighted by Crippen LogP contribution is 2.57. The van der Waals surface area contributed by atoms with E-state index in [0.717, 1.165) is 37.1 Å². The molecule has 1 atom stereocenters. The second-order valence-electron chi connectivity index (χ2n) is 20.2. The fourth-order valence-corrected chi connectivity index (χ4v) is 12.5. The molecule has 3 heterocycles. The molecule has 0 N–H and O–H groups in total. The van der Waals surface area contributed by atoms with Gasteiger partial charge in [-0.1, -0.05) is 202 Å². The third-order valence-electron chi connectivity index (χ3n) is 16.2. The van der Waals surface area contributed by atoms with Gasteiger partial charge in [0.15, 0.2) is 6.20 Å². The minimum Gasteiger partial charge on any atom is -0.169 e. The molecular weight excluding hydrogens is 859 g/mol. The number of unbranched alkanes of at least 4 members (excludes halogenated alkanes) is 6. The van der Waals surface area contributed by atoms with Crippen LogP contribution in [-0.2, 0) is 36.8 Å². The molecule has 2 aliphatic rings. The maximum Gasteiger partial charge on any atom is 0.345 e. The molecule has 1 spiro atoms. The van der Waals surface area contributed by atoms with Crippen LogP contribution in [0.15, 0.2) is 199 Å². The standard InChI is InChI=1S/C68H71N3/c1-5-67(6-2)63-42-40-58(56-38-24-34-53(46-56)32-16-9-7-14-26-51-28-18-11-19-29-51)48-61(63)65-50-60(55-36-22-13-23-37-55)44-45-71(65)68(67)64-43-41-59(49-62(64)66(69-3)70(68)4)57-39-25-35-54(47-57)33-17-10-8-15-27-52-30-20-12-21-31-52/h11-13,18-25,28-31,34-50H,4-10,14-17,26-27,32-33H2,1-3H3/q+2. The summed E-state index contributed by atoms with van der Waals surface area (Å²) in [7, 11) is 1.94. The molecule has 0 bridgehead atoms. The Labute approximate surface area is 424 Å². The van der Waals surface area contributed by atoms with Crippen molar-refractivity contribution in [3.63, 3.8) is 0 Å². The highest BCUT2D eigenvalue weighted by molar-refractivity contribution is 5.99. The zero-order valence-corrected chi connectivity index (χ0v) is 42.4. The molecule has 0 amide bonds. The number of hydrogen-bond donors (Lipinski definition) is 0. The highest BCUT2D eigenvalue weighted by atomic mass is 15.3. The lowest BCUT2D eigenvalue weighted by atomic mass is 9.60. The lowest BCUT2D eigenvalue weighted by molar-refractivity contribution is -0.894. The minimum absolute atomic E-state index is 0.347. The van der Waals surface area contributed by atoms with Crippen molar-refractivity contribution in [1.82, 2.24) is 0 Å². The molecule has 0 saturated carbocycles. The Kier molecular flexibility index (Phi) is 14.5. The van der Waals surface area contributed by atoms with E-state index in [-0.39, 0.29) is 5.41 Å². The average molecular weight is 930 g/mol. The molecule has 0 aliphatic carbocycles. The van der Waals surface area contributed by atoms with Gasteiger partial charge in [-0.3, -0.25) is 0 Å². The molecule has 7 aromatic carbocycles. The first-order valence-corrected chi connectivity index (χ1v) is 26.7. The van der Waals surface area contributed by atoms with Gasteiger partial charge in [0, 0.05) is 12.1 Å². The predicted octanol–water partition coefficient (Wildman–Crippen LogP) is 16.2. The Bertz CT molecular complexity index is 3140. The van der Waals surface area contributed by atoms with Crippen LogP contribution in [0.1, 0.15) is 117 Å². The maximum absolute atomic E-state index is 5.10. The summed E-state index contributed by atoms with van der Waals surface area (Å²) in [6.07, 6.45) is 18.7. The van der Waals surface area contributed by atoms with Crippen molar-refractivity contribution in [3.05, 3.63) is 233 Å². The molecule has 8 aromatic rings. The van der Waals surface area contributed by atoms with Crippen LogP contribution in [0.25, 0.3) is 44.6 Å². The molecular formula is C68H71N3+2. The molecule has 10 rings (SSSR count). The minimum atomic E-state index is -0.679. The summed E-state index contributed by atoms with van der Waals surface area (Å²) < 4.78 is 4.87. The molecule has 2 aliphatic heterocycles. The quantitative estimate of drug-likeness (QED) is 0.0569. The van der Waals surface area contributed by atoms with Crippen LogP contribution in [0.5, 0.6) is 0 Å². The zero-order valence-electron chi connectivity index (χ0n) is 42.4. The number of benzene rings is 7. The summed E-state index contributed by atoms with van der Waals surface area (Å²) in [5, 5.41) is 0. The van der Waals surface area contributed by atoms with Gasteiger partial charge in [-0.25, -0.2) is 0 Å². The Hall–Kier alpha value is -6.97. The van der Waals surface area contributed by atoms with E-state index in [0.29, 0.717) is 0 Å².